The number of hydrogen-bond donors (Lipinski definition) is 1. The fraction of sp³-hybridized carbons (Fsp3) is 0.600. The summed E-state index contributed by atoms with van der Waals surface area (Å²) in [6, 6.07) is 4.00. The number of benzene rings is 1. The highest BCUT2D eigenvalue weighted by Gasteiger charge is 2.21. The minimum absolute atomic E-state index is 0.0994. The van der Waals surface area contributed by atoms with Gasteiger partial charge in [0.2, 0.25) is 0 Å². The van der Waals surface area contributed by atoms with Crippen molar-refractivity contribution in [3.63, 3.8) is 0 Å². The second-order valence-electron chi connectivity index (χ2n) is 5.31. The van der Waals surface area contributed by atoms with Gasteiger partial charge in [-0.15, -0.1) is 0 Å². The van der Waals surface area contributed by atoms with Gasteiger partial charge in [-0.25, -0.2) is 0 Å². The summed E-state index contributed by atoms with van der Waals surface area (Å²) in [6.07, 6.45) is 5.70. The van der Waals surface area contributed by atoms with Crippen molar-refractivity contribution >= 4 is 11.6 Å². The first-order valence-electron chi connectivity index (χ1n) is 6.88. The molecule has 0 heterocycles. The van der Waals surface area contributed by atoms with Crippen molar-refractivity contribution < 1.29 is 9.47 Å². The fourth-order valence-corrected chi connectivity index (χ4v) is 2.83. The molecule has 1 atom stereocenters. The van der Waals surface area contributed by atoms with Gasteiger partial charge in [-0.05, 0) is 56.7 Å². The smallest absolute Gasteiger partial charge is 0.180 e. The second-order valence-corrected chi connectivity index (χ2v) is 5.72. The maximum atomic E-state index is 6.33. The molecule has 2 N–H and O–H groups in total. The van der Waals surface area contributed by atoms with Crippen LogP contribution in [0, 0.1) is 0 Å². The average molecular weight is 284 g/mol. The molecule has 0 aliphatic heterocycles. The summed E-state index contributed by atoms with van der Waals surface area (Å²) >= 11 is 6.33. The molecule has 1 unspecified atom stereocenters. The minimum atomic E-state index is 0.0994. The van der Waals surface area contributed by atoms with Crippen LogP contribution in [0.2, 0.25) is 5.02 Å². The predicted octanol–water partition coefficient (Wildman–Crippen LogP) is 3.56. The lowest BCUT2D eigenvalue weighted by Crippen LogP contribution is -2.18. The number of rotatable bonds is 5. The van der Waals surface area contributed by atoms with Crippen LogP contribution in [0.4, 0.5) is 0 Å². The van der Waals surface area contributed by atoms with E-state index in [9.17, 15) is 0 Å². The summed E-state index contributed by atoms with van der Waals surface area (Å²) in [5.74, 6) is 1.37. The largest absolute Gasteiger partial charge is 0.493 e. The van der Waals surface area contributed by atoms with Crippen LogP contribution in [-0.4, -0.2) is 19.3 Å². The summed E-state index contributed by atoms with van der Waals surface area (Å²) < 4.78 is 11.4. The first-order valence-corrected chi connectivity index (χ1v) is 7.26. The Morgan fingerprint density at radius 2 is 2.05 bits per heavy atom. The number of ether oxygens (including phenoxy) is 2. The van der Waals surface area contributed by atoms with E-state index in [1.165, 1.54) is 12.8 Å². The van der Waals surface area contributed by atoms with E-state index < -0.39 is 0 Å². The number of nitrogens with two attached hydrogens (primary N) is 1. The zero-order chi connectivity index (χ0) is 13.8. The molecule has 0 bridgehead atoms. The van der Waals surface area contributed by atoms with E-state index in [-0.39, 0.29) is 12.1 Å². The number of hydrogen-bond acceptors (Lipinski definition) is 3. The molecule has 3 nitrogen and oxygen atoms in total. The van der Waals surface area contributed by atoms with E-state index in [2.05, 4.69) is 0 Å². The molecule has 1 aliphatic rings. The normalized spacial score (nSPS) is 17.5. The third-order valence-corrected chi connectivity index (χ3v) is 3.71. The Morgan fingerprint density at radius 1 is 1.37 bits per heavy atom. The molecule has 1 aliphatic carbocycles. The van der Waals surface area contributed by atoms with Gasteiger partial charge in [0.15, 0.2) is 11.5 Å². The molecule has 4 heteroatoms. The highest BCUT2D eigenvalue weighted by atomic mass is 35.5. The molecule has 0 amide bonds. The van der Waals surface area contributed by atoms with Gasteiger partial charge in [-0.3, -0.25) is 0 Å². The molecule has 0 aromatic heterocycles. The van der Waals surface area contributed by atoms with Gasteiger partial charge in [0.1, 0.15) is 0 Å². The van der Waals surface area contributed by atoms with E-state index in [1.807, 2.05) is 19.1 Å². The van der Waals surface area contributed by atoms with Gasteiger partial charge in [-0.1, -0.05) is 11.6 Å². The molecule has 0 saturated heterocycles. The Bertz CT molecular complexity index is 428. The van der Waals surface area contributed by atoms with Crippen LogP contribution in [0.5, 0.6) is 11.5 Å². The fourth-order valence-electron chi connectivity index (χ4n) is 2.55. The molecule has 2 rings (SSSR count). The van der Waals surface area contributed by atoms with Crippen molar-refractivity contribution in [3.8, 4) is 11.5 Å². The third-order valence-electron chi connectivity index (χ3n) is 3.43. The summed E-state index contributed by atoms with van der Waals surface area (Å²) in [5, 5.41) is 0.613. The van der Waals surface area contributed by atoms with Crippen molar-refractivity contribution in [3.05, 3.63) is 22.7 Å². The molecule has 0 spiro atoms. The minimum Gasteiger partial charge on any atom is -0.493 e. The van der Waals surface area contributed by atoms with Crippen LogP contribution in [0.1, 0.15) is 38.2 Å². The number of halogens is 1. The lowest BCUT2D eigenvalue weighted by molar-refractivity contribution is 0.201. The molecular weight excluding hydrogens is 262 g/mol. The molecular formula is C15H22ClNO2. The van der Waals surface area contributed by atoms with E-state index in [1.54, 1.807) is 7.11 Å². The standard InChI is InChI=1S/C15H22ClNO2/c1-10(17)7-11-8-13(16)15(14(9-11)18-2)19-12-5-3-4-6-12/h8-10,12H,3-7,17H2,1-2H3. The van der Waals surface area contributed by atoms with E-state index in [0.717, 1.165) is 24.8 Å². The lowest BCUT2D eigenvalue weighted by Gasteiger charge is -2.18. The SMILES string of the molecule is COc1cc(CC(C)N)cc(Cl)c1OC1CCCC1. The van der Waals surface area contributed by atoms with Crippen molar-refractivity contribution in [2.75, 3.05) is 7.11 Å². The zero-order valence-electron chi connectivity index (χ0n) is 11.6. The lowest BCUT2D eigenvalue weighted by atomic mass is 10.1. The molecule has 1 aromatic rings. The summed E-state index contributed by atoms with van der Waals surface area (Å²) in [6.45, 7) is 1.98. The molecule has 0 radical (unpaired) electrons. The Morgan fingerprint density at radius 3 is 2.63 bits per heavy atom. The zero-order valence-corrected chi connectivity index (χ0v) is 12.4. The van der Waals surface area contributed by atoms with Crippen LogP contribution >= 0.6 is 11.6 Å². The van der Waals surface area contributed by atoms with Crippen molar-refractivity contribution in [1.29, 1.82) is 0 Å². The van der Waals surface area contributed by atoms with Crippen LogP contribution < -0.4 is 15.2 Å². The Balaban J connectivity index is 2.21. The molecule has 1 aromatic carbocycles. The predicted molar refractivity (Wildman–Crippen MR) is 78.2 cm³/mol. The van der Waals surface area contributed by atoms with Crippen LogP contribution in [0.25, 0.3) is 0 Å². The Labute approximate surface area is 120 Å². The van der Waals surface area contributed by atoms with Gasteiger partial charge in [0, 0.05) is 6.04 Å². The van der Waals surface area contributed by atoms with E-state index in [0.29, 0.717) is 16.5 Å². The maximum Gasteiger partial charge on any atom is 0.180 e. The first kappa shape index (κ1) is 14.5. The van der Waals surface area contributed by atoms with Gasteiger partial charge < -0.3 is 15.2 Å². The van der Waals surface area contributed by atoms with Crippen molar-refractivity contribution in [1.82, 2.24) is 0 Å². The maximum absolute atomic E-state index is 6.33. The number of methoxy groups -OCH3 is 1. The van der Waals surface area contributed by atoms with E-state index in [4.69, 9.17) is 26.8 Å². The van der Waals surface area contributed by atoms with Crippen molar-refractivity contribution in [2.24, 2.45) is 5.73 Å². The molecule has 19 heavy (non-hydrogen) atoms. The van der Waals surface area contributed by atoms with Crippen LogP contribution in [0.15, 0.2) is 12.1 Å². The van der Waals surface area contributed by atoms with Gasteiger partial charge in [0.25, 0.3) is 0 Å². The molecule has 1 saturated carbocycles. The second kappa shape index (κ2) is 6.49. The summed E-state index contributed by atoms with van der Waals surface area (Å²) in [4.78, 5) is 0. The van der Waals surface area contributed by atoms with Gasteiger partial charge in [-0.2, -0.15) is 0 Å². The Hall–Kier alpha value is -0.930. The highest BCUT2D eigenvalue weighted by Crippen LogP contribution is 2.39. The van der Waals surface area contributed by atoms with Gasteiger partial charge in [0.05, 0.1) is 18.2 Å². The van der Waals surface area contributed by atoms with Gasteiger partial charge >= 0.3 is 0 Å². The molecule has 106 valence electrons. The third kappa shape index (κ3) is 3.77. The Kier molecular flexibility index (Phi) is 4.94. The summed E-state index contributed by atoms with van der Waals surface area (Å²) in [5.41, 5.74) is 6.90. The summed E-state index contributed by atoms with van der Waals surface area (Å²) in [7, 11) is 1.64. The monoisotopic (exact) mass is 283 g/mol. The topological polar surface area (TPSA) is 44.5 Å². The quantitative estimate of drug-likeness (QED) is 0.899. The molecule has 1 fully saturated rings. The van der Waals surface area contributed by atoms with Crippen LogP contribution in [-0.2, 0) is 6.42 Å². The average Bonchev–Trinajstić information content (AvgIpc) is 2.84. The van der Waals surface area contributed by atoms with Crippen molar-refractivity contribution in [2.45, 2.75) is 51.2 Å². The van der Waals surface area contributed by atoms with E-state index >= 15 is 0 Å². The highest BCUT2D eigenvalue weighted by molar-refractivity contribution is 6.32. The first-order chi connectivity index (χ1) is 9.10. The van der Waals surface area contributed by atoms with Crippen LogP contribution in [0.3, 0.4) is 0 Å².